The van der Waals surface area contributed by atoms with Crippen LogP contribution in [0.1, 0.15) is 22.5 Å². The van der Waals surface area contributed by atoms with Gasteiger partial charge in [-0.1, -0.05) is 12.1 Å². The summed E-state index contributed by atoms with van der Waals surface area (Å²) in [7, 11) is 1.88. The molecule has 0 radical (unpaired) electrons. The first kappa shape index (κ1) is 23.2. The molecule has 0 bridgehead atoms. The number of nitrogens with one attached hydrogen (secondary N) is 1. The summed E-state index contributed by atoms with van der Waals surface area (Å²) in [6.45, 7) is 6.61. The predicted octanol–water partition coefficient (Wildman–Crippen LogP) is 2.37. The lowest BCUT2D eigenvalue weighted by Gasteiger charge is -2.34. The molecule has 0 spiro atoms. The van der Waals surface area contributed by atoms with Gasteiger partial charge in [0.2, 0.25) is 17.8 Å². The van der Waals surface area contributed by atoms with Crippen LogP contribution < -0.4 is 10.2 Å². The van der Waals surface area contributed by atoms with Gasteiger partial charge in [-0.2, -0.15) is 5.10 Å². The molecule has 34 heavy (non-hydrogen) atoms. The molecule has 3 aromatic rings. The van der Waals surface area contributed by atoms with Gasteiger partial charge in [0.15, 0.2) is 0 Å². The molecule has 9 nitrogen and oxygen atoms in total. The topological polar surface area (TPSA) is 96.2 Å². The van der Waals surface area contributed by atoms with Crippen LogP contribution in [0.3, 0.4) is 0 Å². The highest BCUT2D eigenvalue weighted by atomic mass is 16.2. The number of aryl methyl sites for hydroxylation is 2. The normalized spacial score (nSPS) is 14.0. The van der Waals surface area contributed by atoms with Crippen molar-refractivity contribution in [2.45, 2.75) is 20.3 Å². The lowest BCUT2D eigenvalue weighted by Crippen LogP contribution is -2.49. The van der Waals surface area contributed by atoms with E-state index in [1.807, 2.05) is 50.1 Å². The quantitative estimate of drug-likeness (QED) is 0.569. The fraction of sp³-hybridized carbons (Fsp3) is 0.320. The summed E-state index contributed by atoms with van der Waals surface area (Å²) in [5.41, 5.74) is 4.43. The molecule has 4 rings (SSSR count). The molecule has 2 amide bonds. The molecule has 176 valence electrons. The van der Waals surface area contributed by atoms with Crippen LogP contribution >= 0.6 is 0 Å². The van der Waals surface area contributed by atoms with E-state index in [2.05, 4.69) is 25.3 Å². The van der Waals surface area contributed by atoms with Crippen LogP contribution in [0.4, 0.5) is 11.6 Å². The molecule has 1 aromatic carbocycles. The van der Waals surface area contributed by atoms with Gasteiger partial charge in [0.1, 0.15) is 0 Å². The highest BCUT2D eigenvalue weighted by molar-refractivity contribution is 6.02. The average Bonchev–Trinajstić information content (AvgIpc) is 3.10. The summed E-state index contributed by atoms with van der Waals surface area (Å²) in [6.07, 6.45) is 7.07. The highest BCUT2D eigenvalue weighted by Crippen LogP contribution is 2.16. The van der Waals surface area contributed by atoms with E-state index in [9.17, 15) is 9.59 Å². The number of rotatable bonds is 6. The largest absolute Gasteiger partial charge is 0.339 e. The van der Waals surface area contributed by atoms with Gasteiger partial charge in [-0.15, -0.1) is 0 Å². The Morgan fingerprint density at radius 2 is 1.71 bits per heavy atom. The fourth-order valence-corrected chi connectivity index (χ4v) is 3.98. The Labute approximate surface area is 199 Å². The van der Waals surface area contributed by atoms with Crippen LogP contribution in [-0.2, 0) is 23.1 Å². The molecule has 1 aliphatic heterocycles. The second kappa shape index (κ2) is 10.3. The number of carbonyl (C=O) groups is 2. The maximum atomic E-state index is 12.7. The van der Waals surface area contributed by atoms with E-state index in [-0.39, 0.29) is 11.8 Å². The van der Waals surface area contributed by atoms with Gasteiger partial charge in [0.05, 0.1) is 12.1 Å². The summed E-state index contributed by atoms with van der Waals surface area (Å²) in [5.74, 6) is 0.579. The van der Waals surface area contributed by atoms with Crippen LogP contribution in [-0.4, -0.2) is 62.6 Å². The number of nitrogens with zero attached hydrogens (tertiary/aromatic N) is 6. The van der Waals surface area contributed by atoms with Crippen LogP contribution in [0.25, 0.3) is 6.08 Å². The van der Waals surface area contributed by atoms with Crippen molar-refractivity contribution in [2.24, 2.45) is 7.05 Å². The Bertz CT molecular complexity index is 1180. The Balaban J connectivity index is 1.27. The molecule has 1 N–H and O–H groups in total. The zero-order valence-corrected chi connectivity index (χ0v) is 19.7. The van der Waals surface area contributed by atoms with E-state index in [1.54, 1.807) is 29.2 Å². The van der Waals surface area contributed by atoms with E-state index >= 15 is 0 Å². The monoisotopic (exact) mass is 459 g/mol. The number of hydrogen-bond donors (Lipinski definition) is 1. The van der Waals surface area contributed by atoms with Crippen LogP contribution in [0, 0.1) is 13.8 Å². The molecule has 0 saturated carbocycles. The molecule has 2 aromatic heterocycles. The lowest BCUT2D eigenvalue weighted by atomic mass is 10.1. The predicted molar refractivity (Wildman–Crippen MR) is 131 cm³/mol. The van der Waals surface area contributed by atoms with Crippen molar-refractivity contribution in [3.05, 3.63) is 71.3 Å². The Morgan fingerprint density at radius 1 is 1.03 bits per heavy atom. The lowest BCUT2D eigenvalue weighted by molar-refractivity contribution is -0.130. The maximum Gasteiger partial charge on any atom is 0.248 e. The number of anilines is 2. The SMILES string of the molecule is Cc1nn(C)c(C)c1/C=C/C(=O)Nc1ccc(CC(=O)N2CCN(c3ncccn3)CC2)cc1. The van der Waals surface area contributed by atoms with Crippen LogP contribution in [0.2, 0.25) is 0 Å². The molecule has 0 aliphatic carbocycles. The number of amides is 2. The van der Waals surface area contributed by atoms with E-state index in [0.29, 0.717) is 44.2 Å². The van der Waals surface area contributed by atoms with Gasteiger partial charge in [0.25, 0.3) is 0 Å². The molecule has 9 heteroatoms. The second-order valence-corrected chi connectivity index (χ2v) is 8.32. The first-order valence-electron chi connectivity index (χ1n) is 11.3. The third-order valence-corrected chi connectivity index (χ3v) is 6.01. The van der Waals surface area contributed by atoms with Crippen molar-refractivity contribution < 1.29 is 9.59 Å². The maximum absolute atomic E-state index is 12.7. The van der Waals surface area contributed by atoms with Gasteiger partial charge in [-0.05, 0) is 43.7 Å². The fourth-order valence-electron chi connectivity index (χ4n) is 3.98. The number of aromatic nitrogens is 4. The summed E-state index contributed by atoms with van der Waals surface area (Å²) < 4.78 is 1.80. The molecule has 1 aliphatic rings. The zero-order chi connectivity index (χ0) is 24.1. The smallest absolute Gasteiger partial charge is 0.248 e. The molecule has 0 unspecified atom stereocenters. The van der Waals surface area contributed by atoms with Crippen molar-refractivity contribution in [2.75, 3.05) is 36.4 Å². The molecule has 1 fully saturated rings. The van der Waals surface area contributed by atoms with Crippen molar-refractivity contribution in [1.29, 1.82) is 0 Å². The standard InChI is InChI=1S/C25H29N7O2/c1-18-22(19(2)30(3)29-18)9-10-23(33)28-21-7-5-20(6-8-21)17-24(34)31-13-15-32(16-14-31)25-26-11-4-12-27-25/h4-12H,13-17H2,1-3H3,(H,28,33)/b10-9+. The number of piperazine rings is 1. The third kappa shape index (κ3) is 5.48. The Kier molecular flexibility index (Phi) is 7.01. The van der Waals surface area contributed by atoms with Gasteiger partial charge in [0, 0.05) is 68.6 Å². The number of carbonyl (C=O) groups excluding carboxylic acids is 2. The van der Waals surface area contributed by atoms with E-state index < -0.39 is 0 Å². The minimum absolute atomic E-state index is 0.0931. The number of hydrogen-bond acceptors (Lipinski definition) is 6. The molecule has 3 heterocycles. The minimum Gasteiger partial charge on any atom is -0.339 e. The van der Waals surface area contributed by atoms with Crippen molar-refractivity contribution in [3.63, 3.8) is 0 Å². The van der Waals surface area contributed by atoms with Gasteiger partial charge >= 0.3 is 0 Å². The van der Waals surface area contributed by atoms with Crippen molar-refractivity contribution >= 4 is 29.5 Å². The van der Waals surface area contributed by atoms with Crippen molar-refractivity contribution in [3.8, 4) is 0 Å². The molecular weight excluding hydrogens is 430 g/mol. The Morgan fingerprint density at radius 3 is 2.32 bits per heavy atom. The summed E-state index contributed by atoms with van der Waals surface area (Å²) in [6, 6.07) is 9.18. The second-order valence-electron chi connectivity index (χ2n) is 8.32. The van der Waals surface area contributed by atoms with E-state index in [0.717, 1.165) is 22.5 Å². The van der Waals surface area contributed by atoms with Crippen LogP contribution in [0.5, 0.6) is 0 Å². The summed E-state index contributed by atoms with van der Waals surface area (Å²) in [5, 5.41) is 7.21. The van der Waals surface area contributed by atoms with Gasteiger partial charge in [-0.25, -0.2) is 9.97 Å². The zero-order valence-electron chi connectivity index (χ0n) is 19.7. The summed E-state index contributed by atoms with van der Waals surface area (Å²) >= 11 is 0. The number of benzene rings is 1. The molecule has 0 atom stereocenters. The average molecular weight is 460 g/mol. The van der Waals surface area contributed by atoms with Gasteiger partial charge < -0.3 is 15.1 Å². The minimum atomic E-state index is -0.216. The van der Waals surface area contributed by atoms with E-state index in [1.165, 1.54) is 6.08 Å². The van der Waals surface area contributed by atoms with Crippen molar-refractivity contribution in [1.82, 2.24) is 24.6 Å². The first-order chi connectivity index (χ1) is 16.4. The molecule has 1 saturated heterocycles. The molecular formula is C25H29N7O2. The van der Waals surface area contributed by atoms with Gasteiger partial charge in [-0.3, -0.25) is 14.3 Å². The first-order valence-corrected chi connectivity index (χ1v) is 11.3. The van der Waals surface area contributed by atoms with E-state index in [4.69, 9.17) is 0 Å². The summed E-state index contributed by atoms with van der Waals surface area (Å²) in [4.78, 5) is 37.6. The third-order valence-electron chi connectivity index (χ3n) is 6.01. The van der Waals surface area contributed by atoms with Crippen LogP contribution in [0.15, 0.2) is 48.8 Å². The Hall–Kier alpha value is -4.01. The highest BCUT2D eigenvalue weighted by Gasteiger charge is 2.22.